The summed E-state index contributed by atoms with van der Waals surface area (Å²) in [6, 6.07) is 4.11. The van der Waals surface area contributed by atoms with Crippen molar-refractivity contribution in [2.24, 2.45) is 5.41 Å². The lowest BCUT2D eigenvalue weighted by Crippen LogP contribution is -2.24. The molecule has 2 aromatic rings. The summed E-state index contributed by atoms with van der Waals surface area (Å²) in [5.74, 6) is 1.15. The summed E-state index contributed by atoms with van der Waals surface area (Å²) < 4.78 is 7.60. The fraction of sp³-hybridized carbons (Fsp3) is 0.619. The Morgan fingerprint density at radius 3 is 2.44 bits per heavy atom. The molecule has 0 saturated heterocycles. The molecule has 1 aliphatic carbocycles. The minimum Gasteiger partial charge on any atom is -0.496 e. The van der Waals surface area contributed by atoms with Crippen molar-refractivity contribution in [3.05, 3.63) is 17.7 Å². The molecule has 2 N–H and O–H groups in total. The Hall–Kier alpha value is -2.08. The number of anilines is 1. The van der Waals surface area contributed by atoms with Gasteiger partial charge in [0.25, 0.3) is 0 Å². The van der Waals surface area contributed by atoms with Gasteiger partial charge in [0.05, 0.1) is 23.7 Å². The molecule has 0 bridgehead atoms. The molecular formula is C21H31N3O3. The molecule has 0 spiro atoms. The van der Waals surface area contributed by atoms with Crippen LogP contribution in [0.15, 0.2) is 12.1 Å². The van der Waals surface area contributed by atoms with E-state index < -0.39 is 5.60 Å². The minimum atomic E-state index is -1.04. The quantitative estimate of drug-likeness (QED) is 0.816. The predicted molar refractivity (Wildman–Crippen MR) is 107 cm³/mol. The van der Waals surface area contributed by atoms with Crippen molar-refractivity contribution in [3.63, 3.8) is 0 Å². The van der Waals surface area contributed by atoms with Gasteiger partial charge in [0, 0.05) is 24.1 Å². The average Bonchev–Trinajstić information content (AvgIpc) is 2.78. The van der Waals surface area contributed by atoms with Crippen molar-refractivity contribution in [1.29, 1.82) is 0 Å². The van der Waals surface area contributed by atoms with Gasteiger partial charge in [-0.2, -0.15) is 0 Å². The number of fused-ring (bicyclic) bond motifs is 1. The minimum absolute atomic E-state index is 0.0342. The van der Waals surface area contributed by atoms with E-state index >= 15 is 0 Å². The number of hydrogen-bond acceptors (Lipinski definition) is 4. The van der Waals surface area contributed by atoms with Gasteiger partial charge in [0.2, 0.25) is 11.9 Å². The first-order valence-electron chi connectivity index (χ1n) is 9.62. The van der Waals surface area contributed by atoms with E-state index in [1.807, 2.05) is 32.9 Å². The van der Waals surface area contributed by atoms with Gasteiger partial charge in [0.15, 0.2) is 0 Å². The lowest BCUT2D eigenvalue weighted by Gasteiger charge is -2.30. The second kappa shape index (κ2) is 6.82. The second-order valence-corrected chi connectivity index (χ2v) is 9.28. The van der Waals surface area contributed by atoms with Crippen molar-refractivity contribution in [2.45, 2.75) is 71.9 Å². The smallest absolute Gasteiger partial charge is 0.227 e. The molecule has 3 rings (SSSR count). The Morgan fingerprint density at radius 2 is 1.96 bits per heavy atom. The fourth-order valence-corrected chi connectivity index (χ4v) is 3.52. The Balaban J connectivity index is 2.09. The first-order valence-corrected chi connectivity index (χ1v) is 9.62. The van der Waals surface area contributed by atoms with Crippen LogP contribution in [-0.4, -0.2) is 27.7 Å². The van der Waals surface area contributed by atoms with Crippen molar-refractivity contribution in [3.8, 4) is 5.75 Å². The monoisotopic (exact) mass is 373 g/mol. The third kappa shape index (κ3) is 4.10. The van der Waals surface area contributed by atoms with Gasteiger partial charge in [-0.25, -0.2) is 4.98 Å². The molecule has 1 fully saturated rings. The third-order valence-electron chi connectivity index (χ3n) is 5.05. The molecule has 1 aromatic heterocycles. The van der Waals surface area contributed by atoms with Crippen LogP contribution in [0.2, 0.25) is 0 Å². The van der Waals surface area contributed by atoms with Crippen LogP contribution in [0.3, 0.4) is 0 Å². The second-order valence-electron chi connectivity index (χ2n) is 9.28. The molecule has 148 valence electrons. The van der Waals surface area contributed by atoms with Gasteiger partial charge >= 0.3 is 0 Å². The number of aliphatic hydroxyl groups is 1. The van der Waals surface area contributed by atoms with Crippen LogP contribution in [0.25, 0.3) is 11.0 Å². The molecule has 1 saturated carbocycles. The van der Waals surface area contributed by atoms with Crippen LogP contribution >= 0.6 is 0 Å². The highest BCUT2D eigenvalue weighted by Crippen LogP contribution is 2.40. The zero-order valence-electron chi connectivity index (χ0n) is 17.2. The molecule has 1 heterocycles. The normalized spacial score (nSPS) is 15.7. The Labute approximate surface area is 160 Å². The van der Waals surface area contributed by atoms with E-state index in [0.29, 0.717) is 29.7 Å². The number of methoxy groups -OCH3 is 1. The van der Waals surface area contributed by atoms with Crippen LogP contribution in [0.1, 0.15) is 71.9 Å². The van der Waals surface area contributed by atoms with Crippen LogP contribution in [0.4, 0.5) is 5.95 Å². The molecule has 27 heavy (non-hydrogen) atoms. The third-order valence-corrected chi connectivity index (χ3v) is 5.05. The first kappa shape index (κ1) is 19.7. The maximum atomic E-state index is 12.5. The summed E-state index contributed by atoms with van der Waals surface area (Å²) in [5, 5.41) is 13.6. The van der Waals surface area contributed by atoms with Crippen molar-refractivity contribution < 1.29 is 14.6 Å². The Kier molecular flexibility index (Phi) is 4.97. The molecule has 6 heteroatoms. The first-order chi connectivity index (χ1) is 12.5. The maximum Gasteiger partial charge on any atom is 0.227 e. The van der Waals surface area contributed by atoms with Crippen LogP contribution in [-0.2, 0) is 10.4 Å². The van der Waals surface area contributed by atoms with Gasteiger partial charge < -0.3 is 14.4 Å². The molecule has 0 aliphatic heterocycles. The summed E-state index contributed by atoms with van der Waals surface area (Å²) in [5.41, 5.74) is 1.27. The van der Waals surface area contributed by atoms with Gasteiger partial charge in [-0.3, -0.25) is 10.1 Å². The van der Waals surface area contributed by atoms with Gasteiger partial charge in [-0.1, -0.05) is 20.8 Å². The number of benzene rings is 1. The van der Waals surface area contributed by atoms with Crippen molar-refractivity contribution >= 4 is 22.9 Å². The van der Waals surface area contributed by atoms with Gasteiger partial charge in [0.1, 0.15) is 5.75 Å². The fourth-order valence-electron chi connectivity index (χ4n) is 3.52. The Bertz CT molecular complexity index is 852. The van der Waals surface area contributed by atoms with E-state index in [2.05, 4.69) is 14.9 Å². The van der Waals surface area contributed by atoms with E-state index in [1.54, 1.807) is 21.0 Å². The Morgan fingerprint density at radius 1 is 1.30 bits per heavy atom. The number of carbonyl (C=O) groups is 1. The highest BCUT2D eigenvalue weighted by molar-refractivity contribution is 5.92. The average molecular weight is 373 g/mol. The van der Waals surface area contributed by atoms with Crippen LogP contribution in [0, 0.1) is 5.41 Å². The molecule has 6 nitrogen and oxygen atoms in total. The number of imidazole rings is 1. The lowest BCUT2D eigenvalue weighted by molar-refractivity contribution is -0.117. The molecule has 1 aromatic carbocycles. The molecule has 0 radical (unpaired) electrons. The lowest BCUT2D eigenvalue weighted by atomic mass is 9.91. The number of ether oxygens (including phenoxy) is 1. The number of amides is 1. The number of nitrogens with one attached hydrogen (secondary N) is 1. The van der Waals surface area contributed by atoms with Crippen molar-refractivity contribution in [1.82, 2.24) is 9.55 Å². The van der Waals surface area contributed by atoms with Crippen LogP contribution < -0.4 is 10.1 Å². The van der Waals surface area contributed by atoms with Crippen molar-refractivity contribution in [2.75, 3.05) is 12.4 Å². The highest BCUT2D eigenvalue weighted by atomic mass is 16.5. The molecule has 1 aliphatic rings. The highest BCUT2D eigenvalue weighted by Gasteiger charge is 2.29. The SMILES string of the molecule is COc1cc2nc(NC(=O)CC(C)(C)C)n(C3CCC3)c2cc1C(C)(C)O. The van der Waals surface area contributed by atoms with Crippen LogP contribution in [0.5, 0.6) is 5.75 Å². The van der Waals surface area contributed by atoms with E-state index in [9.17, 15) is 9.90 Å². The number of rotatable bonds is 5. The summed E-state index contributed by atoms with van der Waals surface area (Å²) in [6.07, 6.45) is 3.74. The number of nitrogens with zero attached hydrogens (tertiary/aromatic N) is 2. The van der Waals surface area contributed by atoms with Gasteiger partial charge in [-0.15, -0.1) is 0 Å². The largest absolute Gasteiger partial charge is 0.496 e. The summed E-state index contributed by atoms with van der Waals surface area (Å²) >= 11 is 0. The number of carbonyl (C=O) groups excluding carboxylic acids is 1. The standard InChI is InChI=1S/C21H31N3O3/c1-20(2,3)12-18(25)23-19-22-15-11-17(27-6)14(21(4,5)26)10-16(15)24(19)13-8-7-9-13/h10-11,13,26H,7-9,12H2,1-6H3,(H,22,23,25). The topological polar surface area (TPSA) is 76.4 Å². The zero-order chi connectivity index (χ0) is 20.0. The molecule has 1 amide bonds. The summed E-state index contributed by atoms with van der Waals surface area (Å²) in [4.78, 5) is 17.2. The maximum absolute atomic E-state index is 12.5. The van der Waals surface area contributed by atoms with Gasteiger partial charge in [-0.05, 0) is 44.6 Å². The molecular weight excluding hydrogens is 342 g/mol. The van der Waals surface area contributed by atoms with E-state index in [-0.39, 0.29) is 11.3 Å². The summed E-state index contributed by atoms with van der Waals surface area (Å²) in [6.45, 7) is 9.62. The molecule has 0 unspecified atom stereocenters. The summed E-state index contributed by atoms with van der Waals surface area (Å²) in [7, 11) is 1.59. The van der Waals surface area contributed by atoms with E-state index in [0.717, 1.165) is 23.9 Å². The molecule has 0 atom stereocenters. The predicted octanol–water partition coefficient (Wildman–Crippen LogP) is 4.37. The van der Waals surface area contributed by atoms with E-state index in [4.69, 9.17) is 4.74 Å². The van der Waals surface area contributed by atoms with E-state index in [1.165, 1.54) is 6.42 Å². The number of aromatic nitrogens is 2. The zero-order valence-corrected chi connectivity index (χ0v) is 17.2. The number of hydrogen-bond donors (Lipinski definition) is 2.